The predicted octanol–water partition coefficient (Wildman–Crippen LogP) is 0.805. The number of thiophene rings is 1. The first-order chi connectivity index (χ1) is 2.89. The Bertz CT molecular complexity index is 115. The van der Waals surface area contributed by atoms with Crippen molar-refractivity contribution in [3.05, 3.63) is 17.5 Å². The second-order valence-corrected chi connectivity index (χ2v) is 1.88. The first kappa shape index (κ1) is 7.50. The average Bonchev–Trinajstić information content (AvgIpc) is 1.86. The molecule has 34 valence electrons. The van der Waals surface area contributed by atoms with E-state index >= 15 is 0 Å². The molecule has 0 unspecified atom stereocenters. The topological polar surface area (TPSA) is 20.2 Å². The Kier molecular flexibility index (Phi) is 3.75. The summed E-state index contributed by atoms with van der Waals surface area (Å²) >= 11 is 1.33. The molecule has 0 saturated heterocycles. The molecule has 0 bridgehead atoms. The summed E-state index contributed by atoms with van der Waals surface area (Å²) in [6, 6.07) is 3.46. The Morgan fingerprint density at radius 3 is 2.43 bits per heavy atom. The third-order valence-electron chi connectivity index (χ3n) is 0.506. The van der Waals surface area contributed by atoms with Crippen molar-refractivity contribution in [1.82, 2.24) is 0 Å². The summed E-state index contributed by atoms with van der Waals surface area (Å²) in [5, 5.41) is 10.7. The van der Waals surface area contributed by atoms with E-state index in [9.17, 15) is 0 Å². The zero-order valence-electron chi connectivity index (χ0n) is 3.09. The van der Waals surface area contributed by atoms with Gasteiger partial charge >= 0.3 is 29.6 Å². The van der Waals surface area contributed by atoms with Crippen LogP contribution >= 0.6 is 11.3 Å². The van der Waals surface area contributed by atoms with Gasteiger partial charge in [-0.1, -0.05) is 0 Å². The van der Waals surface area contributed by atoms with Crippen LogP contribution in [0.25, 0.3) is 0 Å². The molecular weight excluding hydrogens is 119 g/mol. The monoisotopic (exact) mass is 124 g/mol. The predicted molar refractivity (Wildman–Crippen MR) is 33.1 cm³/mol. The van der Waals surface area contributed by atoms with Crippen LogP contribution in [0.3, 0.4) is 0 Å². The van der Waals surface area contributed by atoms with Gasteiger partial charge in [-0.15, -0.1) is 11.3 Å². The van der Waals surface area contributed by atoms with Crippen LogP contribution in [0.4, 0.5) is 0 Å². The molecule has 0 aliphatic heterocycles. The molecule has 1 aromatic heterocycles. The van der Waals surface area contributed by atoms with Crippen LogP contribution in [-0.4, -0.2) is 34.7 Å². The Morgan fingerprint density at radius 1 is 1.57 bits per heavy atom. The molecule has 1 heterocycles. The maximum absolute atomic E-state index is 8.49. The minimum absolute atomic E-state index is 0. The standard InChI is InChI=1S/C4H4OS.Na.H/c5-4-2-1-3-6-4;;/h1-3,5H;;. The van der Waals surface area contributed by atoms with Crippen molar-refractivity contribution in [2.24, 2.45) is 0 Å². The zero-order valence-corrected chi connectivity index (χ0v) is 3.90. The molecule has 0 aromatic carbocycles. The fourth-order valence-corrected chi connectivity index (χ4v) is 0.724. The summed E-state index contributed by atoms with van der Waals surface area (Å²) in [5.74, 6) is 0. The molecule has 0 amide bonds. The number of rotatable bonds is 0. The van der Waals surface area contributed by atoms with Crippen LogP contribution in [0.2, 0.25) is 0 Å². The van der Waals surface area contributed by atoms with Crippen LogP contribution in [-0.2, 0) is 0 Å². The van der Waals surface area contributed by atoms with Gasteiger partial charge in [0.15, 0.2) is 5.06 Å². The van der Waals surface area contributed by atoms with Gasteiger partial charge in [-0.05, 0) is 17.5 Å². The Balaban J connectivity index is 0.000000360. The fraction of sp³-hybridized carbons (Fsp3) is 0. The summed E-state index contributed by atoms with van der Waals surface area (Å²) in [6.07, 6.45) is 0. The van der Waals surface area contributed by atoms with Gasteiger partial charge in [-0.2, -0.15) is 0 Å². The molecule has 0 saturated carbocycles. The van der Waals surface area contributed by atoms with Crippen molar-refractivity contribution in [2.75, 3.05) is 0 Å². The van der Waals surface area contributed by atoms with Crippen LogP contribution in [0, 0.1) is 0 Å². The second kappa shape index (κ2) is 3.50. The maximum atomic E-state index is 8.49. The summed E-state index contributed by atoms with van der Waals surface area (Å²) < 4.78 is 0. The second-order valence-electron chi connectivity index (χ2n) is 0.951. The molecule has 0 fully saturated rings. The van der Waals surface area contributed by atoms with Crippen molar-refractivity contribution in [3.63, 3.8) is 0 Å². The molecule has 1 aromatic rings. The summed E-state index contributed by atoms with van der Waals surface area (Å²) in [5.41, 5.74) is 0. The molecule has 3 heteroatoms. The average molecular weight is 124 g/mol. The SMILES string of the molecule is Oc1cccs1.[NaH]. The van der Waals surface area contributed by atoms with Crippen LogP contribution in [0.15, 0.2) is 17.5 Å². The summed E-state index contributed by atoms with van der Waals surface area (Å²) in [4.78, 5) is 0. The Hall–Kier alpha value is 0.500. The molecule has 7 heavy (non-hydrogen) atoms. The van der Waals surface area contributed by atoms with Crippen molar-refractivity contribution in [2.45, 2.75) is 0 Å². The van der Waals surface area contributed by atoms with Gasteiger partial charge in [-0.25, -0.2) is 0 Å². The molecular formula is C4H5NaOS. The molecule has 0 atom stereocenters. The fourth-order valence-electron chi connectivity index (χ4n) is 0.270. The van der Waals surface area contributed by atoms with Gasteiger partial charge in [0.05, 0.1) is 0 Å². The van der Waals surface area contributed by atoms with Crippen molar-refractivity contribution in [3.8, 4) is 5.06 Å². The van der Waals surface area contributed by atoms with Crippen molar-refractivity contribution >= 4 is 40.9 Å². The van der Waals surface area contributed by atoms with E-state index in [0.29, 0.717) is 5.06 Å². The van der Waals surface area contributed by atoms with Crippen molar-refractivity contribution < 1.29 is 5.11 Å². The van der Waals surface area contributed by atoms with Gasteiger partial charge in [0, 0.05) is 0 Å². The van der Waals surface area contributed by atoms with Crippen molar-refractivity contribution in [1.29, 1.82) is 0 Å². The summed E-state index contributed by atoms with van der Waals surface area (Å²) in [7, 11) is 0. The molecule has 0 radical (unpaired) electrons. The molecule has 1 nitrogen and oxygen atoms in total. The molecule has 0 aliphatic carbocycles. The van der Waals surface area contributed by atoms with Gasteiger partial charge in [-0.3, -0.25) is 0 Å². The zero-order chi connectivity index (χ0) is 4.41. The van der Waals surface area contributed by atoms with Gasteiger partial charge in [0.2, 0.25) is 0 Å². The Labute approximate surface area is 68.3 Å². The first-order valence-electron chi connectivity index (χ1n) is 1.62. The van der Waals surface area contributed by atoms with E-state index < -0.39 is 0 Å². The van der Waals surface area contributed by atoms with Gasteiger partial charge in [0.1, 0.15) is 0 Å². The normalized spacial score (nSPS) is 7.43. The van der Waals surface area contributed by atoms with E-state index in [2.05, 4.69) is 0 Å². The van der Waals surface area contributed by atoms with Crippen LogP contribution < -0.4 is 0 Å². The van der Waals surface area contributed by atoms with E-state index in [1.165, 1.54) is 11.3 Å². The number of hydrogen-bond acceptors (Lipinski definition) is 2. The number of aromatic hydroxyl groups is 1. The van der Waals surface area contributed by atoms with E-state index in [0.717, 1.165) is 0 Å². The summed E-state index contributed by atoms with van der Waals surface area (Å²) in [6.45, 7) is 0. The first-order valence-corrected chi connectivity index (χ1v) is 2.50. The third-order valence-corrected chi connectivity index (χ3v) is 1.18. The molecule has 1 rings (SSSR count). The van der Waals surface area contributed by atoms with E-state index in [-0.39, 0.29) is 29.6 Å². The minimum atomic E-state index is 0. The molecule has 0 spiro atoms. The van der Waals surface area contributed by atoms with E-state index in [1.807, 2.05) is 5.38 Å². The van der Waals surface area contributed by atoms with Crippen LogP contribution in [0.1, 0.15) is 0 Å². The van der Waals surface area contributed by atoms with E-state index in [4.69, 9.17) is 5.11 Å². The van der Waals surface area contributed by atoms with Gasteiger partial charge < -0.3 is 5.11 Å². The van der Waals surface area contributed by atoms with Gasteiger partial charge in [0.25, 0.3) is 0 Å². The molecule has 0 aliphatic rings. The Morgan fingerprint density at radius 2 is 2.29 bits per heavy atom. The number of hydrogen-bond donors (Lipinski definition) is 1. The third kappa shape index (κ3) is 2.34. The van der Waals surface area contributed by atoms with Crippen LogP contribution in [0.5, 0.6) is 5.06 Å². The molecule has 1 N–H and O–H groups in total. The quantitative estimate of drug-likeness (QED) is 0.507. The van der Waals surface area contributed by atoms with E-state index in [1.54, 1.807) is 12.1 Å².